The van der Waals surface area contributed by atoms with Gasteiger partial charge in [-0.3, -0.25) is 9.36 Å². The standard InChI is InChI=1S/C20H21ClN2O3/c1-3-19-22-16-12-18(26-20(25)4-2)15(21)11-17(16)23(19)14-7-5-13(6-8-14)9-10-24/h5-8,11-12,24H,3-4,9-10H2,1-2H3. The Balaban J connectivity index is 2.09. The molecule has 26 heavy (non-hydrogen) atoms. The zero-order valence-corrected chi connectivity index (χ0v) is 15.6. The molecular weight excluding hydrogens is 352 g/mol. The van der Waals surface area contributed by atoms with E-state index in [2.05, 4.69) is 9.55 Å². The van der Waals surface area contributed by atoms with Crippen LogP contribution in [0.1, 0.15) is 31.7 Å². The lowest BCUT2D eigenvalue weighted by molar-refractivity contribution is -0.134. The predicted octanol–water partition coefficient (Wildman–Crippen LogP) is 4.09. The number of aliphatic hydroxyl groups excluding tert-OH is 1. The predicted molar refractivity (Wildman–Crippen MR) is 102 cm³/mol. The van der Waals surface area contributed by atoms with E-state index < -0.39 is 0 Å². The number of benzene rings is 2. The summed E-state index contributed by atoms with van der Waals surface area (Å²) in [5, 5.41) is 9.44. The summed E-state index contributed by atoms with van der Waals surface area (Å²) >= 11 is 6.34. The van der Waals surface area contributed by atoms with Crippen molar-refractivity contribution < 1.29 is 14.6 Å². The van der Waals surface area contributed by atoms with E-state index in [0.717, 1.165) is 34.5 Å². The summed E-state index contributed by atoms with van der Waals surface area (Å²) in [4.78, 5) is 16.3. The van der Waals surface area contributed by atoms with Crippen LogP contribution in [-0.2, 0) is 17.6 Å². The average molecular weight is 373 g/mol. The number of ether oxygens (including phenoxy) is 1. The first-order valence-corrected chi connectivity index (χ1v) is 9.06. The highest BCUT2D eigenvalue weighted by Gasteiger charge is 2.16. The van der Waals surface area contributed by atoms with Gasteiger partial charge in [0.25, 0.3) is 0 Å². The normalized spacial score (nSPS) is 11.1. The van der Waals surface area contributed by atoms with Crippen molar-refractivity contribution in [1.29, 1.82) is 0 Å². The largest absolute Gasteiger partial charge is 0.425 e. The number of hydrogen-bond acceptors (Lipinski definition) is 4. The SMILES string of the molecule is CCC(=O)Oc1cc2nc(CC)n(-c3ccc(CCO)cc3)c2cc1Cl. The topological polar surface area (TPSA) is 64.3 Å². The first kappa shape index (κ1) is 18.4. The Morgan fingerprint density at radius 2 is 1.96 bits per heavy atom. The molecule has 3 rings (SSSR count). The van der Waals surface area contributed by atoms with Crippen LogP contribution < -0.4 is 4.74 Å². The number of carbonyl (C=O) groups is 1. The number of hydrogen-bond donors (Lipinski definition) is 1. The second-order valence-corrected chi connectivity index (χ2v) is 6.36. The van der Waals surface area contributed by atoms with Crippen LogP contribution >= 0.6 is 11.6 Å². The van der Waals surface area contributed by atoms with Gasteiger partial charge in [-0.1, -0.05) is 37.6 Å². The van der Waals surface area contributed by atoms with Gasteiger partial charge < -0.3 is 9.84 Å². The van der Waals surface area contributed by atoms with Crippen LogP contribution in [0.2, 0.25) is 5.02 Å². The average Bonchev–Trinajstić information content (AvgIpc) is 3.00. The summed E-state index contributed by atoms with van der Waals surface area (Å²) in [5.41, 5.74) is 3.63. The third kappa shape index (κ3) is 3.59. The molecule has 0 saturated carbocycles. The molecule has 0 radical (unpaired) electrons. The lowest BCUT2D eigenvalue weighted by Crippen LogP contribution is -2.06. The fourth-order valence-corrected chi connectivity index (χ4v) is 3.06. The molecule has 2 aromatic carbocycles. The third-order valence-electron chi connectivity index (χ3n) is 4.20. The zero-order valence-electron chi connectivity index (χ0n) is 14.8. The van der Waals surface area contributed by atoms with E-state index in [1.54, 1.807) is 19.1 Å². The Kier molecular flexibility index (Phi) is 5.59. The summed E-state index contributed by atoms with van der Waals surface area (Å²) in [6.07, 6.45) is 1.65. The lowest BCUT2D eigenvalue weighted by Gasteiger charge is -2.10. The number of aryl methyl sites for hydroxylation is 1. The number of rotatable bonds is 6. The molecule has 0 aliphatic rings. The first-order chi connectivity index (χ1) is 12.6. The molecule has 3 aromatic rings. The van der Waals surface area contributed by atoms with Crippen molar-refractivity contribution in [2.75, 3.05) is 6.61 Å². The van der Waals surface area contributed by atoms with Crippen molar-refractivity contribution in [1.82, 2.24) is 9.55 Å². The van der Waals surface area contributed by atoms with E-state index in [1.165, 1.54) is 0 Å². The van der Waals surface area contributed by atoms with Crippen LogP contribution in [0.25, 0.3) is 16.7 Å². The van der Waals surface area contributed by atoms with Crippen molar-refractivity contribution in [3.8, 4) is 11.4 Å². The molecule has 1 N–H and O–H groups in total. The Morgan fingerprint density at radius 3 is 2.58 bits per heavy atom. The van der Waals surface area contributed by atoms with Crippen LogP contribution in [-0.4, -0.2) is 27.2 Å². The molecule has 5 nitrogen and oxygen atoms in total. The van der Waals surface area contributed by atoms with Crippen LogP contribution in [0, 0.1) is 0 Å². The van der Waals surface area contributed by atoms with Crippen LogP contribution in [0.15, 0.2) is 36.4 Å². The molecule has 6 heteroatoms. The van der Waals surface area contributed by atoms with E-state index in [1.807, 2.05) is 31.2 Å². The zero-order chi connectivity index (χ0) is 18.7. The number of nitrogens with zero attached hydrogens (tertiary/aromatic N) is 2. The molecule has 0 fully saturated rings. The fourth-order valence-electron chi connectivity index (χ4n) is 2.87. The Bertz CT molecular complexity index is 932. The van der Waals surface area contributed by atoms with Gasteiger partial charge in [-0.2, -0.15) is 0 Å². The Morgan fingerprint density at radius 1 is 1.23 bits per heavy atom. The monoisotopic (exact) mass is 372 g/mol. The Labute approximate surface area is 157 Å². The maximum absolute atomic E-state index is 11.6. The third-order valence-corrected chi connectivity index (χ3v) is 4.50. The molecule has 0 spiro atoms. The molecule has 0 bridgehead atoms. The molecular formula is C20H21ClN2O3. The van der Waals surface area contributed by atoms with Gasteiger partial charge >= 0.3 is 5.97 Å². The molecule has 0 aliphatic heterocycles. The van der Waals surface area contributed by atoms with Gasteiger partial charge in [-0.25, -0.2) is 4.98 Å². The minimum Gasteiger partial charge on any atom is -0.425 e. The summed E-state index contributed by atoms with van der Waals surface area (Å²) in [7, 11) is 0. The quantitative estimate of drug-likeness (QED) is 0.522. The summed E-state index contributed by atoms with van der Waals surface area (Å²) in [5.74, 6) is 0.891. The highest BCUT2D eigenvalue weighted by atomic mass is 35.5. The molecule has 0 amide bonds. The maximum Gasteiger partial charge on any atom is 0.310 e. The van der Waals surface area contributed by atoms with Gasteiger partial charge in [-0.05, 0) is 30.2 Å². The van der Waals surface area contributed by atoms with E-state index >= 15 is 0 Å². The van der Waals surface area contributed by atoms with E-state index in [0.29, 0.717) is 17.2 Å². The first-order valence-electron chi connectivity index (χ1n) is 8.69. The minimum atomic E-state index is -0.333. The molecule has 1 heterocycles. The van der Waals surface area contributed by atoms with Crippen LogP contribution in [0.5, 0.6) is 5.75 Å². The number of halogens is 1. The second kappa shape index (κ2) is 7.89. The summed E-state index contributed by atoms with van der Waals surface area (Å²) in [6.45, 7) is 3.90. The van der Waals surface area contributed by atoms with Gasteiger partial charge in [0.15, 0.2) is 5.75 Å². The second-order valence-electron chi connectivity index (χ2n) is 5.96. The number of aliphatic hydroxyl groups is 1. The van der Waals surface area contributed by atoms with Crippen LogP contribution in [0.4, 0.5) is 0 Å². The highest BCUT2D eigenvalue weighted by molar-refractivity contribution is 6.32. The number of esters is 1. The summed E-state index contributed by atoms with van der Waals surface area (Å²) < 4.78 is 7.34. The van der Waals surface area contributed by atoms with Gasteiger partial charge in [0.1, 0.15) is 5.82 Å². The number of imidazole rings is 1. The van der Waals surface area contributed by atoms with Gasteiger partial charge in [0.2, 0.25) is 0 Å². The van der Waals surface area contributed by atoms with Crippen molar-refractivity contribution in [2.24, 2.45) is 0 Å². The Hall–Kier alpha value is -2.37. The minimum absolute atomic E-state index is 0.127. The van der Waals surface area contributed by atoms with E-state index in [9.17, 15) is 4.79 Å². The van der Waals surface area contributed by atoms with Crippen molar-refractivity contribution in [3.63, 3.8) is 0 Å². The molecule has 0 unspecified atom stereocenters. The number of carbonyl (C=O) groups excluding carboxylic acids is 1. The molecule has 0 aliphatic carbocycles. The molecule has 1 aromatic heterocycles. The van der Waals surface area contributed by atoms with Crippen molar-refractivity contribution in [3.05, 3.63) is 52.8 Å². The summed E-state index contributed by atoms with van der Waals surface area (Å²) in [6, 6.07) is 11.5. The van der Waals surface area contributed by atoms with E-state index in [4.69, 9.17) is 21.4 Å². The van der Waals surface area contributed by atoms with Gasteiger partial charge in [0, 0.05) is 31.2 Å². The maximum atomic E-state index is 11.6. The molecule has 0 saturated heterocycles. The van der Waals surface area contributed by atoms with Crippen LogP contribution in [0.3, 0.4) is 0 Å². The van der Waals surface area contributed by atoms with Gasteiger partial charge in [-0.15, -0.1) is 0 Å². The highest BCUT2D eigenvalue weighted by Crippen LogP contribution is 2.32. The lowest BCUT2D eigenvalue weighted by atomic mass is 10.1. The molecule has 136 valence electrons. The molecule has 0 atom stereocenters. The van der Waals surface area contributed by atoms with Crippen molar-refractivity contribution in [2.45, 2.75) is 33.1 Å². The smallest absolute Gasteiger partial charge is 0.310 e. The van der Waals surface area contributed by atoms with Gasteiger partial charge in [0.05, 0.1) is 16.1 Å². The number of aromatic nitrogens is 2. The fraction of sp³-hybridized carbons (Fsp3) is 0.300. The van der Waals surface area contributed by atoms with E-state index in [-0.39, 0.29) is 19.0 Å². The van der Waals surface area contributed by atoms with Crippen molar-refractivity contribution >= 4 is 28.6 Å². The number of fused-ring (bicyclic) bond motifs is 1.